The summed E-state index contributed by atoms with van der Waals surface area (Å²) < 4.78 is 0. The van der Waals surface area contributed by atoms with E-state index in [0.29, 0.717) is 0 Å². The summed E-state index contributed by atoms with van der Waals surface area (Å²) in [5.41, 5.74) is 0. The van der Waals surface area contributed by atoms with Crippen LogP contribution in [0.15, 0.2) is 0 Å². The highest BCUT2D eigenvalue weighted by Gasteiger charge is 2.15. The van der Waals surface area contributed by atoms with Gasteiger partial charge in [-0.2, -0.15) is 0 Å². The largest absolute Gasteiger partial charge is 0.396 e. The molecule has 0 saturated carbocycles. The number of aliphatic hydroxyl groups is 2. The third-order valence-corrected chi connectivity index (χ3v) is 2.19. The van der Waals surface area contributed by atoms with Crippen molar-refractivity contribution in [2.24, 2.45) is 0 Å². The Morgan fingerprint density at radius 2 is 1.83 bits per heavy atom. The highest BCUT2D eigenvalue weighted by molar-refractivity contribution is 5.85. The van der Waals surface area contributed by atoms with Gasteiger partial charge in [-0.3, -0.25) is 0 Å². The number of rotatable bonds is 3. The molecule has 0 amide bonds. The van der Waals surface area contributed by atoms with Crippen molar-refractivity contribution in [3.8, 4) is 0 Å². The van der Waals surface area contributed by atoms with E-state index in [2.05, 4.69) is 4.90 Å². The Morgan fingerprint density at radius 3 is 2.33 bits per heavy atom. The molecular weight excluding hydrogens is 178 g/mol. The highest BCUT2D eigenvalue weighted by Crippen LogP contribution is 2.09. The Balaban J connectivity index is 0.00000121. The summed E-state index contributed by atoms with van der Waals surface area (Å²) in [4.78, 5) is 2.29. The second-order valence-electron chi connectivity index (χ2n) is 3.15. The number of aliphatic hydroxyl groups excluding tert-OH is 2. The third kappa shape index (κ3) is 4.26. The molecule has 0 aromatic rings. The first-order valence-electron chi connectivity index (χ1n) is 4.34. The van der Waals surface area contributed by atoms with Gasteiger partial charge in [0.2, 0.25) is 0 Å². The summed E-state index contributed by atoms with van der Waals surface area (Å²) in [7, 11) is 0. The number of halogens is 1. The minimum absolute atomic E-state index is 0. The first kappa shape index (κ1) is 12.2. The quantitative estimate of drug-likeness (QED) is 0.679. The molecule has 0 unspecified atom stereocenters. The van der Waals surface area contributed by atoms with Gasteiger partial charge >= 0.3 is 0 Å². The van der Waals surface area contributed by atoms with Crippen molar-refractivity contribution in [3.63, 3.8) is 0 Å². The Labute approximate surface area is 79.8 Å². The maximum absolute atomic E-state index is 9.18. The lowest BCUT2D eigenvalue weighted by Gasteiger charge is -2.29. The molecule has 0 atom stereocenters. The summed E-state index contributed by atoms with van der Waals surface area (Å²) in [6, 6.07) is 0. The number of hydrogen-bond acceptors (Lipinski definition) is 3. The molecule has 0 bridgehead atoms. The zero-order valence-corrected chi connectivity index (χ0v) is 8.09. The molecule has 1 fully saturated rings. The lowest BCUT2D eigenvalue weighted by molar-refractivity contribution is 0.0794. The fourth-order valence-electron chi connectivity index (χ4n) is 1.44. The van der Waals surface area contributed by atoms with Crippen LogP contribution >= 0.6 is 12.4 Å². The third-order valence-electron chi connectivity index (χ3n) is 2.19. The molecule has 0 aromatic heterocycles. The van der Waals surface area contributed by atoms with Gasteiger partial charge in [-0.15, -0.1) is 12.4 Å². The predicted molar refractivity (Wildman–Crippen MR) is 50.6 cm³/mol. The van der Waals surface area contributed by atoms with Crippen LogP contribution in [0.4, 0.5) is 0 Å². The van der Waals surface area contributed by atoms with Gasteiger partial charge in [-0.25, -0.2) is 0 Å². The van der Waals surface area contributed by atoms with Gasteiger partial charge in [0.1, 0.15) is 0 Å². The van der Waals surface area contributed by atoms with E-state index in [1.165, 1.54) is 0 Å². The van der Waals surface area contributed by atoms with Crippen LogP contribution in [0, 0.1) is 0 Å². The lowest BCUT2D eigenvalue weighted by atomic mass is 10.1. The van der Waals surface area contributed by atoms with Crippen LogP contribution in [0.25, 0.3) is 0 Å². The molecule has 12 heavy (non-hydrogen) atoms. The van der Waals surface area contributed by atoms with Crippen LogP contribution in [0.2, 0.25) is 0 Å². The van der Waals surface area contributed by atoms with Crippen molar-refractivity contribution in [2.75, 3.05) is 26.2 Å². The van der Waals surface area contributed by atoms with Crippen LogP contribution in [0.1, 0.15) is 19.3 Å². The van der Waals surface area contributed by atoms with Crippen molar-refractivity contribution in [1.29, 1.82) is 0 Å². The summed E-state index contributed by atoms with van der Waals surface area (Å²) in [5, 5.41) is 17.7. The molecule has 4 heteroatoms. The smallest absolute Gasteiger partial charge is 0.0564 e. The standard InChI is InChI=1S/C8H17NO2.ClH/c10-7-1-4-9-5-2-8(11)3-6-9;/h8,10-11H,1-7H2;1H. The Kier molecular flexibility index (Phi) is 6.76. The van der Waals surface area contributed by atoms with E-state index in [4.69, 9.17) is 5.11 Å². The SMILES string of the molecule is Cl.OCCCN1CCC(O)CC1. The summed E-state index contributed by atoms with van der Waals surface area (Å²) in [6.07, 6.45) is 2.56. The van der Waals surface area contributed by atoms with Gasteiger partial charge in [-0.1, -0.05) is 0 Å². The number of nitrogens with zero attached hydrogens (tertiary/aromatic N) is 1. The second-order valence-corrected chi connectivity index (χ2v) is 3.15. The van der Waals surface area contributed by atoms with Crippen molar-refractivity contribution in [2.45, 2.75) is 25.4 Å². The highest BCUT2D eigenvalue weighted by atomic mass is 35.5. The first-order valence-corrected chi connectivity index (χ1v) is 4.34. The lowest BCUT2D eigenvalue weighted by Crippen LogP contribution is -2.36. The van der Waals surface area contributed by atoms with Gasteiger partial charge in [-0.05, 0) is 19.3 Å². The molecule has 0 aliphatic carbocycles. The molecule has 1 aliphatic heterocycles. The van der Waals surface area contributed by atoms with E-state index in [1.54, 1.807) is 0 Å². The van der Waals surface area contributed by atoms with Crippen molar-refractivity contribution in [3.05, 3.63) is 0 Å². The van der Waals surface area contributed by atoms with E-state index < -0.39 is 0 Å². The van der Waals surface area contributed by atoms with E-state index in [9.17, 15) is 5.11 Å². The Morgan fingerprint density at radius 1 is 1.25 bits per heavy atom. The molecule has 1 aliphatic rings. The molecule has 0 aromatic carbocycles. The van der Waals surface area contributed by atoms with Crippen LogP contribution < -0.4 is 0 Å². The molecule has 1 rings (SSSR count). The first-order chi connectivity index (χ1) is 5.33. The summed E-state index contributed by atoms with van der Waals surface area (Å²) >= 11 is 0. The number of piperidine rings is 1. The molecule has 3 nitrogen and oxygen atoms in total. The van der Waals surface area contributed by atoms with Crippen LogP contribution in [-0.2, 0) is 0 Å². The van der Waals surface area contributed by atoms with E-state index in [1.807, 2.05) is 0 Å². The van der Waals surface area contributed by atoms with Crippen molar-refractivity contribution < 1.29 is 10.2 Å². The van der Waals surface area contributed by atoms with E-state index in [-0.39, 0.29) is 25.1 Å². The molecule has 74 valence electrons. The molecule has 0 spiro atoms. The van der Waals surface area contributed by atoms with Crippen molar-refractivity contribution in [1.82, 2.24) is 4.90 Å². The molecule has 1 heterocycles. The maximum atomic E-state index is 9.18. The van der Waals surface area contributed by atoms with Gasteiger partial charge < -0.3 is 15.1 Å². The molecular formula is C8H18ClNO2. The van der Waals surface area contributed by atoms with E-state index >= 15 is 0 Å². The zero-order valence-electron chi connectivity index (χ0n) is 7.28. The zero-order chi connectivity index (χ0) is 8.10. The normalized spacial score (nSPS) is 20.5. The summed E-state index contributed by atoms with van der Waals surface area (Å²) in [5.74, 6) is 0. The van der Waals surface area contributed by atoms with E-state index in [0.717, 1.165) is 38.9 Å². The van der Waals surface area contributed by atoms with Gasteiger partial charge in [0.25, 0.3) is 0 Å². The fraction of sp³-hybridized carbons (Fsp3) is 1.00. The predicted octanol–water partition coefficient (Wildman–Crippen LogP) is 0.247. The van der Waals surface area contributed by atoms with Gasteiger partial charge in [0.15, 0.2) is 0 Å². The average molecular weight is 196 g/mol. The monoisotopic (exact) mass is 195 g/mol. The summed E-state index contributed by atoms with van der Waals surface area (Å²) in [6.45, 7) is 3.23. The Hall–Kier alpha value is 0.170. The minimum atomic E-state index is -0.0830. The molecule has 2 N–H and O–H groups in total. The fourth-order valence-corrected chi connectivity index (χ4v) is 1.44. The number of likely N-dealkylation sites (tertiary alicyclic amines) is 1. The average Bonchev–Trinajstić information content (AvgIpc) is 2.04. The molecule has 0 radical (unpaired) electrons. The van der Waals surface area contributed by atoms with Crippen molar-refractivity contribution >= 4 is 12.4 Å². The maximum Gasteiger partial charge on any atom is 0.0564 e. The number of hydrogen-bond donors (Lipinski definition) is 2. The van der Waals surface area contributed by atoms with Crippen LogP contribution in [0.3, 0.4) is 0 Å². The van der Waals surface area contributed by atoms with Gasteiger partial charge in [0, 0.05) is 26.2 Å². The topological polar surface area (TPSA) is 43.7 Å². The molecule has 1 saturated heterocycles. The van der Waals surface area contributed by atoms with Crippen LogP contribution in [0.5, 0.6) is 0 Å². The second kappa shape index (κ2) is 6.66. The van der Waals surface area contributed by atoms with Crippen LogP contribution in [-0.4, -0.2) is 47.5 Å². The Bertz CT molecular complexity index is 102. The minimum Gasteiger partial charge on any atom is -0.396 e. The van der Waals surface area contributed by atoms with Gasteiger partial charge in [0.05, 0.1) is 6.10 Å².